The van der Waals surface area contributed by atoms with Crippen LogP contribution in [0.5, 0.6) is 0 Å². The van der Waals surface area contributed by atoms with E-state index < -0.39 is 32.5 Å². The van der Waals surface area contributed by atoms with Crippen LogP contribution in [-0.4, -0.2) is 74.9 Å². The molecule has 58 heavy (non-hydrogen) atoms. The maximum absolute atomic E-state index is 13.3. The van der Waals surface area contributed by atoms with Crippen molar-refractivity contribution >= 4 is 84.4 Å². The predicted molar refractivity (Wildman–Crippen MR) is 232 cm³/mol. The van der Waals surface area contributed by atoms with Crippen molar-refractivity contribution in [2.24, 2.45) is 0 Å². The van der Waals surface area contributed by atoms with Gasteiger partial charge in [0.15, 0.2) is 6.10 Å². The highest BCUT2D eigenvalue weighted by atomic mass is 31.2. The quantitative estimate of drug-likeness (QED) is 0.0396. The van der Waals surface area contributed by atoms with Crippen LogP contribution in [0, 0.1) is 0 Å². The number of hydrogen-bond donors (Lipinski definition) is 1. The number of ether oxygens (including phenoxy) is 2. The summed E-state index contributed by atoms with van der Waals surface area (Å²) in [6.07, 6.45) is 1.51. The van der Waals surface area contributed by atoms with E-state index in [-0.39, 0.29) is 26.1 Å². The molecule has 0 aliphatic carbocycles. The summed E-state index contributed by atoms with van der Waals surface area (Å²) in [5.41, 5.74) is 2.31. The Labute approximate surface area is 337 Å². The van der Waals surface area contributed by atoms with E-state index in [9.17, 15) is 19.0 Å². The molecule has 0 saturated heterocycles. The summed E-state index contributed by atoms with van der Waals surface area (Å²) in [7, 11) is 1.34. The maximum atomic E-state index is 13.3. The van der Waals surface area contributed by atoms with Gasteiger partial charge in [0.05, 0.1) is 27.7 Å². The van der Waals surface area contributed by atoms with Crippen LogP contribution < -0.4 is 0 Å². The van der Waals surface area contributed by atoms with Gasteiger partial charge in [0, 0.05) is 12.8 Å². The number of phosphoric ester groups is 1. The Morgan fingerprint density at radius 1 is 0.603 bits per heavy atom. The number of rotatable bonds is 18. The summed E-state index contributed by atoms with van der Waals surface area (Å²) in [5, 5.41) is 14.4. The molecular weight excluding hydrogens is 750 g/mol. The van der Waals surface area contributed by atoms with Gasteiger partial charge >= 0.3 is 19.8 Å². The molecule has 8 rings (SSSR count). The zero-order chi connectivity index (χ0) is 40.4. The lowest BCUT2D eigenvalue weighted by Gasteiger charge is -2.24. The van der Waals surface area contributed by atoms with Crippen molar-refractivity contribution in [3.05, 3.63) is 120 Å². The van der Waals surface area contributed by atoms with Crippen LogP contribution in [0.3, 0.4) is 0 Å². The largest absolute Gasteiger partial charge is 0.472 e. The number of phosphoric acid groups is 1. The molecule has 2 atom stereocenters. The van der Waals surface area contributed by atoms with E-state index in [0.29, 0.717) is 36.7 Å². The third-order valence-electron chi connectivity index (χ3n) is 11.0. The van der Waals surface area contributed by atoms with Gasteiger partial charge < -0.3 is 18.9 Å². The monoisotopic (exact) mass is 798 g/mol. The maximum Gasteiger partial charge on any atom is 0.472 e. The number of nitrogens with zero attached hydrogens (tertiary/aromatic N) is 1. The molecule has 0 fully saturated rings. The molecule has 0 heterocycles. The highest BCUT2D eigenvalue weighted by Gasteiger charge is 2.27. The Balaban J connectivity index is 0.897. The van der Waals surface area contributed by atoms with Crippen LogP contribution in [-0.2, 0) is 45.5 Å². The Hall–Kier alpha value is -5.15. The zero-order valence-electron chi connectivity index (χ0n) is 33.2. The van der Waals surface area contributed by atoms with Crippen molar-refractivity contribution in [1.29, 1.82) is 0 Å². The zero-order valence-corrected chi connectivity index (χ0v) is 34.1. The van der Waals surface area contributed by atoms with Gasteiger partial charge in [-0.3, -0.25) is 18.6 Å². The number of likely N-dealkylation sites (N-methyl/N-ethyl adjacent to an activating group) is 1. The first-order chi connectivity index (χ1) is 27.9. The second-order valence-electron chi connectivity index (χ2n) is 16.3. The van der Waals surface area contributed by atoms with Crippen molar-refractivity contribution in [2.75, 3.05) is 47.5 Å². The third kappa shape index (κ3) is 8.80. The van der Waals surface area contributed by atoms with Crippen molar-refractivity contribution in [2.45, 2.75) is 44.6 Å². The molecule has 2 unspecified atom stereocenters. The summed E-state index contributed by atoms with van der Waals surface area (Å²) in [4.78, 5) is 36.7. The molecule has 0 radical (unpaired) electrons. The summed E-state index contributed by atoms with van der Waals surface area (Å²) in [6, 6.07) is 38.3. The standard InChI is InChI=1S/C48H48NO8P/c1-49(2,3)26-27-55-58(52,53)56-31-40(57-44(51)21-9-15-37-29-39-17-5-11-33-23-25-35-13-7-19-42(37)48(35)46(33)39)30-54-43(50)20-8-14-36-28-38-16-4-10-32-22-24-34-12-6-18-41(36)47(34)45(32)38/h4-7,10-13,16-19,22-25,28-29,40H,8-9,14-15,20-21,26-27,30-31H2,1-3H3/p+1. The molecule has 0 aliphatic rings. The predicted octanol–water partition coefficient (Wildman–Crippen LogP) is 10.1. The van der Waals surface area contributed by atoms with Gasteiger partial charge in [0.1, 0.15) is 19.8 Å². The average Bonchev–Trinajstić information content (AvgIpc) is 3.20. The number of hydrogen-bond acceptors (Lipinski definition) is 7. The molecule has 0 aliphatic heterocycles. The fourth-order valence-corrected chi connectivity index (χ4v) is 8.94. The molecule has 8 aromatic rings. The Morgan fingerprint density at radius 3 is 1.59 bits per heavy atom. The molecule has 0 amide bonds. The van der Waals surface area contributed by atoms with Crippen molar-refractivity contribution in [1.82, 2.24) is 0 Å². The first-order valence-corrected chi connectivity index (χ1v) is 21.5. The summed E-state index contributed by atoms with van der Waals surface area (Å²) in [5.74, 6) is -0.979. The minimum Gasteiger partial charge on any atom is -0.462 e. The van der Waals surface area contributed by atoms with Gasteiger partial charge in [-0.1, -0.05) is 109 Å². The number of aryl methyl sites for hydroxylation is 2. The van der Waals surface area contributed by atoms with Gasteiger partial charge in [-0.2, -0.15) is 0 Å². The SMILES string of the molecule is C[N+](C)(C)CCOP(=O)(O)OCC(COC(=O)CCCc1cc2cccc3ccc4cccc1c4c32)OC(=O)CCCc1cc2cccc3ccc4cccc1c4c32. The lowest BCUT2D eigenvalue weighted by Crippen LogP contribution is -2.37. The van der Waals surface area contributed by atoms with Crippen LogP contribution >= 0.6 is 7.82 Å². The van der Waals surface area contributed by atoms with Gasteiger partial charge in [0.2, 0.25) is 0 Å². The van der Waals surface area contributed by atoms with E-state index in [0.717, 1.165) is 21.9 Å². The number of benzene rings is 8. The van der Waals surface area contributed by atoms with Gasteiger partial charge in [-0.15, -0.1) is 0 Å². The fourth-order valence-electron chi connectivity index (χ4n) is 8.20. The minimum absolute atomic E-state index is 0.00899. The second kappa shape index (κ2) is 16.6. The molecule has 0 spiro atoms. The lowest BCUT2D eigenvalue weighted by atomic mass is 9.90. The van der Waals surface area contributed by atoms with Crippen LogP contribution in [0.4, 0.5) is 0 Å². The van der Waals surface area contributed by atoms with E-state index in [1.807, 2.05) is 21.1 Å². The molecule has 9 nitrogen and oxygen atoms in total. The molecule has 1 N–H and O–H groups in total. The average molecular weight is 799 g/mol. The minimum atomic E-state index is -4.47. The van der Waals surface area contributed by atoms with Gasteiger partial charge in [0.25, 0.3) is 0 Å². The molecule has 0 saturated carbocycles. The van der Waals surface area contributed by atoms with E-state index in [4.69, 9.17) is 18.5 Å². The van der Waals surface area contributed by atoms with E-state index in [1.165, 1.54) is 53.9 Å². The van der Waals surface area contributed by atoms with Crippen LogP contribution in [0.15, 0.2) is 109 Å². The lowest BCUT2D eigenvalue weighted by molar-refractivity contribution is -0.870. The van der Waals surface area contributed by atoms with Crippen LogP contribution in [0.2, 0.25) is 0 Å². The van der Waals surface area contributed by atoms with Crippen molar-refractivity contribution < 1.29 is 42.1 Å². The smallest absolute Gasteiger partial charge is 0.462 e. The Kier molecular flexibility index (Phi) is 11.4. The normalized spacial score (nSPS) is 13.9. The first-order valence-electron chi connectivity index (χ1n) is 20.0. The number of quaternary nitrogens is 1. The fraction of sp³-hybridized carbons (Fsp3) is 0.292. The second-order valence-corrected chi connectivity index (χ2v) is 17.7. The number of carbonyl (C=O) groups excluding carboxylic acids is 2. The summed E-state index contributed by atoms with van der Waals surface area (Å²) < 4.78 is 35.1. The molecule has 10 heteroatoms. The highest BCUT2D eigenvalue weighted by molar-refractivity contribution is 7.47. The first kappa shape index (κ1) is 39.7. The molecule has 298 valence electrons. The topological polar surface area (TPSA) is 108 Å². The van der Waals surface area contributed by atoms with Crippen LogP contribution in [0.1, 0.15) is 36.8 Å². The Bertz CT molecular complexity index is 2790. The van der Waals surface area contributed by atoms with Crippen LogP contribution in [0.25, 0.3) is 64.6 Å². The molecule has 0 aromatic heterocycles. The number of carbonyl (C=O) groups is 2. The molecule has 0 bridgehead atoms. The van der Waals surface area contributed by atoms with E-state index in [1.54, 1.807) is 0 Å². The number of esters is 2. The molecule has 8 aromatic carbocycles. The van der Waals surface area contributed by atoms with Crippen molar-refractivity contribution in [3.8, 4) is 0 Å². The Morgan fingerprint density at radius 2 is 1.07 bits per heavy atom. The summed E-state index contributed by atoms with van der Waals surface area (Å²) in [6.45, 7) is -0.337. The van der Waals surface area contributed by atoms with E-state index >= 15 is 0 Å². The summed E-state index contributed by atoms with van der Waals surface area (Å²) >= 11 is 0. The van der Waals surface area contributed by atoms with Gasteiger partial charge in [-0.05, 0) is 101 Å². The highest BCUT2D eigenvalue weighted by Crippen LogP contribution is 2.43. The van der Waals surface area contributed by atoms with E-state index in [2.05, 4.69) is 109 Å². The van der Waals surface area contributed by atoms with Gasteiger partial charge in [-0.25, -0.2) is 4.57 Å². The van der Waals surface area contributed by atoms with Crippen molar-refractivity contribution in [3.63, 3.8) is 0 Å². The molecular formula is C48H49NO8P+. The third-order valence-corrected chi connectivity index (χ3v) is 12.0.